The summed E-state index contributed by atoms with van der Waals surface area (Å²) in [6.45, 7) is 22.0. The zero-order chi connectivity index (χ0) is 24.9. The third-order valence-corrected chi connectivity index (χ3v) is 13.3. The molecule has 0 saturated heterocycles. The number of carbonyl (C=O) groups excluding carboxylic acids is 1. The Bertz CT molecular complexity index is 883. The maximum atomic E-state index is 11.9. The van der Waals surface area contributed by atoms with E-state index in [-0.39, 0.29) is 17.5 Å². The van der Waals surface area contributed by atoms with E-state index in [9.17, 15) is 4.79 Å². The van der Waals surface area contributed by atoms with Crippen molar-refractivity contribution in [3.8, 4) is 0 Å². The summed E-state index contributed by atoms with van der Waals surface area (Å²) in [7, 11) is 0. The second-order valence-electron chi connectivity index (χ2n) is 15.3. The first-order valence-corrected chi connectivity index (χ1v) is 14.6. The standard InChI is InChI=1S/C32H52O2/c1-20(2)22-12-15-29(6)18-19-31(8)24-10-11-25-28(4,5)26(34-21(3)33)14-16-30(25,7)23(24)13-17-32(31,9)27(22)29/h10,20,22-23,25-27H,11-19H2,1-9H3/t22-,23-,25-,26-,27+,29+,30+,31+,32-/m0/s1. The number of allylic oxidation sites excluding steroid dienone is 2. The van der Waals surface area contributed by atoms with E-state index in [1.54, 1.807) is 6.92 Å². The van der Waals surface area contributed by atoms with Crippen LogP contribution in [-0.4, -0.2) is 12.1 Å². The monoisotopic (exact) mass is 468 g/mol. The molecule has 2 heteroatoms. The van der Waals surface area contributed by atoms with Gasteiger partial charge in [-0.3, -0.25) is 4.79 Å². The van der Waals surface area contributed by atoms with E-state index in [1.807, 2.05) is 5.57 Å². The number of hydrogen-bond acceptors (Lipinski definition) is 2. The largest absolute Gasteiger partial charge is 0.462 e. The first-order valence-electron chi connectivity index (χ1n) is 14.6. The number of fused-ring (bicyclic) bond motifs is 7. The van der Waals surface area contributed by atoms with E-state index in [1.165, 1.54) is 44.9 Å². The Morgan fingerprint density at radius 3 is 2.29 bits per heavy atom. The van der Waals surface area contributed by atoms with E-state index < -0.39 is 0 Å². The van der Waals surface area contributed by atoms with Crippen LogP contribution in [0.1, 0.15) is 120 Å². The summed E-state index contributed by atoms with van der Waals surface area (Å²) in [4.78, 5) is 11.9. The minimum absolute atomic E-state index is 0.0294. The SMILES string of the molecule is CC(=O)O[C@H]1CC[C@]2(C)[C@H]3CC[C@@]4(C)[C@@H]5[C@H](C(C)C)CC[C@]5(C)CC[C@]4(C)C3=CC[C@H]2C1(C)C. The molecule has 9 atom stereocenters. The van der Waals surface area contributed by atoms with E-state index in [0.717, 1.165) is 30.6 Å². The number of ether oxygens (including phenoxy) is 1. The van der Waals surface area contributed by atoms with Crippen LogP contribution < -0.4 is 0 Å². The predicted octanol–water partition coefficient (Wildman–Crippen LogP) is 8.60. The van der Waals surface area contributed by atoms with Crippen LogP contribution in [0.5, 0.6) is 0 Å². The number of carbonyl (C=O) groups is 1. The normalized spacial score (nSPS) is 51.6. The first kappa shape index (κ1) is 24.9. The van der Waals surface area contributed by atoms with Crippen LogP contribution in [0.25, 0.3) is 0 Å². The van der Waals surface area contributed by atoms with Gasteiger partial charge in [0.1, 0.15) is 6.10 Å². The van der Waals surface area contributed by atoms with Crippen molar-refractivity contribution in [3.63, 3.8) is 0 Å². The molecule has 0 N–H and O–H groups in total. The Kier molecular flexibility index (Phi) is 5.57. The molecular weight excluding hydrogens is 416 g/mol. The van der Waals surface area contributed by atoms with Crippen LogP contribution in [0.15, 0.2) is 11.6 Å². The van der Waals surface area contributed by atoms with Crippen LogP contribution in [0, 0.1) is 56.7 Å². The second kappa shape index (κ2) is 7.61. The van der Waals surface area contributed by atoms with Crippen molar-refractivity contribution >= 4 is 5.97 Å². The molecule has 2 nitrogen and oxygen atoms in total. The average molecular weight is 469 g/mol. The van der Waals surface area contributed by atoms with Crippen molar-refractivity contribution in [3.05, 3.63) is 11.6 Å². The lowest BCUT2D eigenvalue weighted by Crippen LogP contribution is -2.62. The number of esters is 1. The van der Waals surface area contributed by atoms with Gasteiger partial charge in [-0.05, 0) is 109 Å². The zero-order valence-corrected chi connectivity index (χ0v) is 23.7. The summed E-state index contributed by atoms with van der Waals surface area (Å²) in [6.07, 6.45) is 14.6. The van der Waals surface area contributed by atoms with E-state index in [4.69, 9.17) is 4.74 Å². The molecule has 5 aliphatic carbocycles. The highest BCUT2D eigenvalue weighted by molar-refractivity contribution is 5.66. The highest BCUT2D eigenvalue weighted by Gasteiger charge is 2.68. The molecule has 5 aliphatic rings. The summed E-state index contributed by atoms with van der Waals surface area (Å²) in [5.41, 5.74) is 3.49. The molecule has 0 aromatic heterocycles. The third kappa shape index (κ3) is 3.08. The van der Waals surface area contributed by atoms with Gasteiger partial charge in [-0.1, -0.05) is 67.0 Å². The number of hydrogen-bond donors (Lipinski definition) is 0. The van der Waals surface area contributed by atoms with Crippen LogP contribution in [0.3, 0.4) is 0 Å². The second-order valence-corrected chi connectivity index (χ2v) is 15.3. The molecule has 4 fully saturated rings. The van der Waals surface area contributed by atoms with Gasteiger partial charge in [0, 0.05) is 12.3 Å². The molecule has 0 aromatic rings. The summed E-state index contributed by atoms with van der Waals surface area (Å²) in [5.74, 6) is 3.72. The molecule has 4 saturated carbocycles. The first-order chi connectivity index (χ1) is 15.7. The maximum Gasteiger partial charge on any atom is 0.302 e. The molecule has 0 spiro atoms. The van der Waals surface area contributed by atoms with Gasteiger partial charge in [-0.15, -0.1) is 0 Å². The van der Waals surface area contributed by atoms with Crippen molar-refractivity contribution in [2.75, 3.05) is 0 Å². The van der Waals surface area contributed by atoms with Crippen molar-refractivity contribution < 1.29 is 9.53 Å². The molecule has 0 heterocycles. The fourth-order valence-electron chi connectivity index (χ4n) is 11.4. The van der Waals surface area contributed by atoms with Crippen molar-refractivity contribution in [1.82, 2.24) is 0 Å². The van der Waals surface area contributed by atoms with Gasteiger partial charge >= 0.3 is 5.97 Å². The topological polar surface area (TPSA) is 26.3 Å². The summed E-state index contributed by atoms with van der Waals surface area (Å²) in [5, 5.41) is 0. The van der Waals surface area contributed by atoms with Crippen LogP contribution >= 0.6 is 0 Å². The smallest absolute Gasteiger partial charge is 0.302 e. The van der Waals surface area contributed by atoms with Crippen LogP contribution in [0.4, 0.5) is 0 Å². The van der Waals surface area contributed by atoms with Gasteiger partial charge in [0.05, 0.1) is 0 Å². The van der Waals surface area contributed by atoms with E-state index in [2.05, 4.69) is 61.5 Å². The number of rotatable bonds is 2. The third-order valence-electron chi connectivity index (χ3n) is 13.3. The lowest BCUT2D eigenvalue weighted by Gasteiger charge is -2.69. The molecule has 0 radical (unpaired) electrons. The highest BCUT2D eigenvalue weighted by Crippen LogP contribution is 2.76. The molecule has 34 heavy (non-hydrogen) atoms. The Morgan fingerprint density at radius 2 is 1.65 bits per heavy atom. The fraction of sp³-hybridized carbons (Fsp3) is 0.906. The van der Waals surface area contributed by atoms with E-state index in [0.29, 0.717) is 33.5 Å². The molecule has 5 rings (SSSR count). The Labute approximate surface area is 210 Å². The van der Waals surface area contributed by atoms with Gasteiger partial charge < -0.3 is 4.74 Å². The van der Waals surface area contributed by atoms with Gasteiger partial charge in [-0.2, -0.15) is 0 Å². The molecule has 0 aliphatic heterocycles. The lowest BCUT2D eigenvalue weighted by molar-refractivity contribution is -0.181. The predicted molar refractivity (Wildman–Crippen MR) is 140 cm³/mol. The molecule has 0 aromatic carbocycles. The molecule has 192 valence electrons. The Morgan fingerprint density at radius 1 is 0.941 bits per heavy atom. The Hall–Kier alpha value is -0.790. The molecule has 0 bridgehead atoms. The minimum atomic E-state index is -0.115. The summed E-state index contributed by atoms with van der Waals surface area (Å²) < 4.78 is 5.89. The fourth-order valence-corrected chi connectivity index (χ4v) is 11.4. The van der Waals surface area contributed by atoms with Crippen LogP contribution in [0.2, 0.25) is 0 Å². The van der Waals surface area contributed by atoms with Gasteiger partial charge in [0.15, 0.2) is 0 Å². The van der Waals surface area contributed by atoms with Gasteiger partial charge in [0.2, 0.25) is 0 Å². The molecule has 0 unspecified atom stereocenters. The quantitative estimate of drug-likeness (QED) is 0.299. The minimum Gasteiger partial charge on any atom is -0.462 e. The Balaban J connectivity index is 1.54. The van der Waals surface area contributed by atoms with Crippen molar-refractivity contribution in [2.24, 2.45) is 56.7 Å². The summed E-state index contributed by atoms with van der Waals surface area (Å²) in [6, 6.07) is 0. The van der Waals surface area contributed by atoms with Gasteiger partial charge in [0.25, 0.3) is 0 Å². The van der Waals surface area contributed by atoms with Crippen molar-refractivity contribution in [1.29, 1.82) is 0 Å². The van der Waals surface area contributed by atoms with E-state index >= 15 is 0 Å². The van der Waals surface area contributed by atoms with Crippen molar-refractivity contribution in [2.45, 2.75) is 126 Å². The average Bonchev–Trinajstić information content (AvgIpc) is 3.10. The molecule has 0 amide bonds. The zero-order valence-electron chi connectivity index (χ0n) is 23.7. The summed E-state index contributed by atoms with van der Waals surface area (Å²) >= 11 is 0. The lowest BCUT2D eigenvalue weighted by atomic mass is 9.35. The highest BCUT2D eigenvalue weighted by atomic mass is 16.5. The maximum absolute atomic E-state index is 11.9. The van der Waals surface area contributed by atoms with Gasteiger partial charge in [-0.25, -0.2) is 0 Å². The molecular formula is C32H52O2. The van der Waals surface area contributed by atoms with Crippen LogP contribution in [-0.2, 0) is 9.53 Å².